The van der Waals surface area contributed by atoms with Crippen molar-refractivity contribution in [3.05, 3.63) is 59.9 Å². The van der Waals surface area contributed by atoms with Gasteiger partial charge in [0.05, 0.1) is 5.69 Å². The van der Waals surface area contributed by atoms with Crippen molar-refractivity contribution in [1.82, 2.24) is 15.2 Å². The number of likely N-dealkylation sites (tertiary alicyclic amines) is 1. The molecule has 2 saturated heterocycles. The van der Waals surface area contributed by atoms with E-state index in [4.69, 9.17) is 4.74 Å². The molecule has 1 aromatic carbocycles. The maximum absolute atomic E-state index is 6.05. The van der Waals surface area contributed by atoms with Crippen molar-refractivity contribution >= 4 is 12.4 Å². The number of halogens is 1. The predicted molar refractivity (Wildman–Crippen MR) is 102 cm³/mol. The van der Waals surface area contributed by atoms with Gasteiger partial charge in [-0.05, 0) is 49.5 Å². The van der Waals surface area contributed by atoms with E-state index in [0.29, 0.717) is 12.0 Å². The molecule has 4 nitrogen and oxygen atoms in total. The van der Waals surface area contributed by atoms with E-state index in [1.54, 1.807) is 0 Å². The number of ether oxygens (including phenoxy) is 1. The molecular weight excluding hydrogens is 334 g/mol. The smallest absolute Gasteiger partial charge is 0.130 e. The topological polar surface area (TPSA) is 37.4 Å². The summed E-state index contributed by atoms with van der Waals surface area (Å²) in [6.45, 7) is 6.25. The van der Waals surface area contributed by atoms with E-state index in [-0.39, 0.29) is 12.4 Å². The molecule has 2 fully saturated rings. The molecule has 0 radical (unpaired) electrons. The Kier molecular flexibility index (Phi) is 5.94. The fourth-order valence-electron chi connectivity index (χ4n) is 3.96. The molecule has 3 heterocycles. The lowest BCUT2D eigenvalue weighted by Gasteiger charge is -2.23. The number of benzene rings is 1. The van der Waals surface area contributed by atoms with Crippen LogP contribution in [0.2, 0.25) is 0 Å². The number of para-hydroxylation sites is 1. The van der Waals surface area contributed by atoms with Crippen LogP contribution >= 0.6 is 12.4 Å². The highest BCUT2D eigenvalue weighted by Crippen LogP contribution is 2.37. The minimum absolute atomic E-state index is 0. The van der Waals surface area contributed by atoms with Crippen LogP contribution in [0.4, 0.5) is 0 Å². The van der Waals surface area contributed by atoms with Crippen LogP contribution in [0, 0.1) is 5.41 Å². The second-order valence-electron chi connectivity index (χ2n) is 7.10. The van der Waals surface area contributed by atoms with Gasteiger partial charge in [-0.3, -0.25) is 9.88 Å². The Balaban J connectivity index is 0.00000182. The molecule has 0 bridgehead atoms. The average molecular weight is 360 g/mol. The molecule has 1 unspecified atom stereocenters. The van der Waals surface area contributed by atoms with Crippen LogP contribution in [0.25, 0.3) is 0 Å². The highest BCUT2D eigenvalue weighted by atomic mass is 35.5. The van der Waals surface area contributed by atoms with E-state index < -0.39 is 0 Å². The zero-order chi connectivity index (χ0) is 16.2. The quantitative estimate of drug-likeness (QED) is 0.889. The molecule has 25 heavy (non-hydrogen) atoms. The third-order valence-corrected chi connectivity index (χ3v) is 5.32. The van der Waals surface area contributed by atoms with Gasteiger partial charge >= 0.3 is 0 Å². The number of rotatable bonds is 5. The van der Waals surface area contributed by atoms with Crippen LogP contribution in [0.3, 0.4) is 0 Å². The van der Waals surface area contributed by atoms with Gasteiger partial charge in [-0.15, -0.1) is 12.4 Å². The van der Waals surface area contributed by atoms with Crippen molar-refractivity contribution in [3.63, 3.8) is 0 Å². The van der Waals surface area contributed by atoms with Crippen LogP contribution in [-0.2, 0) is 13.2 Å². The van der Waals surface area contributed by atoms with Gasteiger partial charge in [0.2, 0.25) is 0 Å². The summed E-state index contributed by atoms with van der Waals surface area (Å²) in [6.07, 6.45) is 4.45. The van der Waals surface area contributed by atoms with Gasteiger partial charge in [-0.2, -0.15) is 0 Å². The first-order valence-corrected chi connectivity index (χ1v) is 8.87. The highest BCUT2D eigenvalue weighted by molar-refractivity contribution is 5.85. The Morgan fingerprint density at radius 1 is 1.12 bits per heavy atom. The van der Waals surface area contributed by atoms with Crippen molar-refractivity contribution < 1.29 is 4.74 Å². The number of nitrogens with zero attached hydrogens (tertiary/aromatic N) is 2. The number of aromatic nitrogens is 1. The zero-order valence-corrected chi connectivity index (χ0v) is 15.3. The van der Waals surface area contributed by atoms with Crippen LogP contribution in [-0.4, -0.2) is 36.1 Å². The van der Waals surface area contributed by atoms with Crippen molar-refractivity contribution in [3.8, 4) is 5.75 Å². The van der Waals surface area contributed by atoms with Gasteiger partial charge in [0.1, 0.15) is 12.4 Å². The summed E-state index contributed by atoms with van der Waals surface area (Å²) in [4.78, 5) is 6.91. The molecule has 2 aliphatic rings. The van der Waals surface area contributed by atoms with Crippen LogP contribution in [0.15, 0.2) is 48.7 Å². The van der Waals surface area contributed by atoms with E-state index in [1.807, 2.05) is 30.5 Å². The summed E-state index contributed by atoms with van der Waals surface area (Å²) in [7, 11) is 0. The van der Waals surface area contributed by atoms with Crippen LogP contribution in [0.5, 0.6) is 5.75 Å². The molecule has 0 amide bonds. The lowest BCUT2D eigenvalue weighted by molar-refractivity contribution is 0.257. The number of hydrogen-bond donors (Lipinski definition) is 1. The maximum Gasteiger partial charge on any atom is 0.130 e. The second kappa shape index (κ2) is 8.17. The summed E-state index contributed by atoms with van der Waals surface area (Å²) < 4.78 is 6.05. The first-order chi connectivity index (χ1) is 11.8. The first-order valence-electron chi connectivity index (χ1n) is 8.87. The molecule has 1 atom stereocenters. The minimum atomic E-state index is 0. The molecule has 5 heteroatoms. The van der Waals surface area contributed by atoms with Gasteiger partial charge in [0.15, 0.2) is 0 Å². The Morgan fingerprint density at radius 2 is 2.00 bits per heavy atom. The van der Waals surface area contributed by atoms with Crippen LogP contribution in [0.1, 0.15) is 24.1 Å². The Morgan fingerprint density at radius 3 is 2.80 bits per heavy atom. The van der Waals surface area contributed by atoms with Crippen molar-refractivity contribution in [2.24, 2.45) is 5.41 Å². The highest BCUT2D eigenvalue weighted by Gasteiger charge is 2.40. The number of nitrogens with one attached hydrogen (secondary N) is 1. The molecule has 0 aliphatic carbocycles. The van der Waals surface area contributed by atoms with Gasteiger partial charge in [0.25, 0.3) is 0 Å². The van der Waals surface area contributed by atoms with Crippen molar-refractivity contribution in [1.29, 1.82) is 0 Å². The van der Waals surface area contributed by atoms with Crippen LogP contribution < -0.4 is 10.1 Å². The lowest BCUT2D eigenvalue weighted by Crippen LogP contribution is -2.29. The standard InChI is InChI=1S/C20H25N3O.ClH/c1-2-7-19(24-14-18-6-3-4-10-22-18)17(5-1)13-23-12-9-20(16-23)8-11-21-15-20;/h1-7,10,21H,8-9,11-16H2;1H. The van der Waals surface area contributed by atoms with Gasteiger partial charge < -0.3 is 10.1 Å². The van der Waals surface area contributed by atoms with Crippen molar-refractivity contribution in [2.75, 3.05) is 26.2 Å². The van der Waals surface area contributed by atoms with E-state index in [2.05, 4.69) is 33.4 Å². The molecule has 1 N–H and O–H groups in total. The summed E-state index contributed by atoms with van der Waals surface area (Å²) in [5.41, 5.74) is 2.75. The van der Waals surface area contributed by atoms with Gasteiger partial charge in [0, 0.05) is 31.4 Å². The van der Waals surface area contributed by atoms with Crippen molar-refractivity contribution in [2.45, 2.75) is 26.0 Å². The second-order valence-corrected chi connectivity index (χ2v) is 7.10. The monoisotopic (exact) mass is 359 g/mol. The first kappa shape index (κ1) is 18.2. The fourth-order valence-corrected chi connectivity index (χ4v) is 3.96. The molecular formula is C20H26ClN3O. The van der Waals surface area contributed by atoms with Gasteiger partial charge in [-0.25, -0.2) is 0 Å². The molecule has 134 valence electrons. The molecule has 4 rings (SSSR count). The Labute approximate surface area is 156 Å². The third-order valence-electron chi connectivity index (χ3n) is 5.32. The van der Waals surface area contributed by atoms with E-state index in [9.17, 15) is 0 Å². The number of pyridine rings is 1. The summed E-state index contributed by atoms with van der Waals surface area (Å²) in [5.74, 6) is 0.980. The summed E-state index contributed by atoms with van der Waals surface area (Å²) in [6, 6.07) is 14.3. The third kappa shape index (κ3) is 4.32. The minimum Gasteiger partial charge on any atom is -0.487 e. The summed E-state index contributed by atoms with van der Waals surface area (Å²) in [5, 5.41) is 3.53. The Hall–Kier alpha value is -1.62. The molecule has 0 saturated carbocycles. The number of hydrogen-bond acceptors (Lipinski definition) is 4. The largest absolute Gasteiger partial charge is 0.487 e. The summed E-state index contributed by atoms with van der Waals surface area (Å²) >= 11 is 0. The molecule has 2 aliphatic heterocycles. The zero-order valence-electron chi connectivity index (χ0n) is 14.5. The normalized spacial score (nSPS) is 22.9. The van der Waals surface area contributed by atoms with E-state index in [0.717, 1.165) is 18.0 Å². The maximum atomic E-state index is 6.05. The van der Waals surface area contributed by atoms with E-state index >= 15 is 0 Å². The van der Waals surface area contributed by atoms with E-state index in [1.165, 1.54) is 44.6 Å². The predicted octanol–water partition coefficient (Wildman–Crippen LogP) is 3.27. The average Bonchev–Trinajstić information content (AvgIpc) is 3.25. The van der Waals surface area contributed by atoms with Gasteiger partial charge in [-0.1, -0.05) is 24.3 Å². The SMILES string of the molecule is Cl.c1ccc(COc2ccccc2CN2CCC3(CCNC3)C2)nc1. The molecule has 1 spiro atoms. The molecule has 1 aromatic heterocycles. The fraction of sp³-hybridized carbons (Fsp3) is 0.450. The lowest BCUT2D eigenvalue weighted by atomic mass is 9.86. The molecule has 2 aromatic rings. The Bertz CT molecular complexity index is 674.